The number of ether oxygens (including phenoxy) is 2. The third kappa shape index (κ3) is 10.6. The molecule has 0 aliphatic heterocycles. The number of methoxy groups -OCH3 is 2. The zero-order chi connectivity index (χ0) is 37.2. The summed E-state index contributed by atoms with van der Waals surface area (Å²) in [5, 5.41) is 17.0. The van der Waals surface area contributed by atoms with Crippen molar-refractivity contribution in [2.24, 2.45) is 0 Å². The van der Waals surface area contributed by atoms with Gasteiger partial charge in [0.1, 0.15) is 12.9 Å². The van der Waals surface area contributed by atoms with Crippen molar-refractivity contribution in [3.8, 4) is 11.8 Å². The summed E-state index contributed by atoms with van der Waals surface area (Å²) < 4.78 is 20.3. The van der Waals surface area contributed by atoms with Crippen LogP contribution in [0.3, 0.4) is 0 Å². The number of alkyl halides is 1. The minimum Gasteiger partial charge on any atom is -1.00 e. The van der Waals surface area contributed by atoms with Crippen LogP contribution < -0.4 is 39.0 Å². The molecule has 8 aromatic rings. The average Bonchev–Trinajstić information content (AvgIpc) is 3.68. The monoisotopic (exact) mass is 991 g/mol. The molecule has 0 atom stereocenters. The third-order valence-electron chi connectivity index (χ3n) is 7.27. The summed E-state index contributed by atoms with van der Waals surface area (Å²) in [4.78, 5) is 16.8. The Bertz CT molecular complexity index is 2460. The first-order chi connectivity index (χ1) is 25.2. The van der Waals surface area contributed by atoms with Crippen LogP contribution in [-0.2, 0) is 12.4 Å². The Hall–Kier alpha value is -2.57. The van der Waals surface area contributed by atoms with Crippen molar-refractivity contribution in [3.63, 3.8) is 0 Å². The van der Waals surface area contributed by atoms with Gasteiger partial charge in [-0.1, -0.05) is 49.2 Å². The Morgan fingerprint density at radius 3 is 1.92 bits per heavy atom. The van der Waals surface area contributed by atoms with E-state index in [2.05, 4.69) is 92.5 Å². The number of aromatic nitrogens is 8. The number of fused-ring (bicyclic) bond motifs is 4. The summed E-state index contributed by atoms with van der Waals surface area (Å²) in [5.41, 5.74) is 5.92. The summed E-state index contributed by atoms with van der Waals surface area (Å²) >= 11 is 22.0. The molecule has 2 aromatic carbocycles. The standard InChI is InChI=1S/C17H12ClIN4O.C10H7Cl2N.C7H6IN3O.C2H6.Na.H/c1-24-16-6-13-15(8-21-16)23(22-17(13)19)9-10-2-3-14-11(4-10)5-12(18)7-20-14;11-5-7-1-2-10-8(3-7)4-9(12)6-13-10;1-12-6-2-4-5(3-9-6)10-11-7(4)8;1-2;;/h2-8H,9H2,1H3;1-4,6H,5H2;2-3H,1H3,(H,10,11);1-2H3;;/q;;;;+1;-1/i;;;1D;;. The number of pyridine rings is 4. The zero-order valence-corrected chi connectivity index (χ0v) is 37.1. The number of hydrogen-bond acceptors (Lipinski definition) is 8. The van der Waals surface area contributed by atoms with Gasteiger partial charge in [-0.25, -0.2) is 9.97 Å². The molecule has 0 spiro atoms. The van der Waals surface area contributed by atoms with E-state index in [0.29, 0.717) is 41.1 Å². The zero-order valence-electron chi connectivity index (χ0n) is 30.5. The molecule has 0 saturated heterocycles. The molecule has 0 unspecified atom stereocenters. The SMILES string of the molecule is COc1cc2c(I)[nH]nc2cn1.COc1cc2c(I)nn(Cc3ccc4ncc(Cl)cc4c3)c2cn1.ClCc1ccc2ncc(Cl)cc2c1.[2H]CC.[H-].[Na+]. The van der Waals surface area contributed by atoms with E-state index < -0.39 is 0 Å². The van der Waals surface area contributed by atoms with Crippen LogP contribution in [0.25, 0.3) is 43.6 Å². The van der Waals surface area contributed by atoms with Gasteiger partial charge in [0.25, 0.3) is 0 Å². The van der Waals surface area contributed by atoms with Crippen molar-refractivity contribution in [3.05, 3.63) is 114 Å². The second kappa shape index (κ2) is 20.2. The van der Waals surface area contributed by atoms with Gasteiger partial charge in [0.05, 0.1) is 59.8 Å². The van der Waals surface area contributed by atoms with E-state index in [1.54, 1.807) is 45.9 Å². The Kier molecular flexibility index (Phi) is 15.8. The van der Waals surface area contributed by atoms with Gasteiger partial charge in [-0.3, -0.25) is 19.7 Å². The maximum atomic E-state index is 6.21. The summed E-state index contributed by atoms with van der Waals surface area (Å²) in [6.07, 6.45) is 6.78. The number of rotatable bonds is 5. The molecule has 16 heteroatoms. The van der Waals surface area contributed by atoms with E-state index in [1.807, 2.05) is 53.2 Å². The van der Waals surface area contributed by atoms with Crippen LogP contribution in [0.15, 0.2) is 85.5 Å². The Morgan fingerprint density at radius 2 is 1.33 bits per heavy atom. The first kappa shape index (κ1) is 40.6. The van der Waals surface area contributed by atoms with Crippen molar-refractivity contribution in [1.29, 1.82) is 0 Å². The van der Waals surface area contributed by atoms with Crippen LogP contribution >= 0.6 is 80.0 Å². The number of benzene rings is 2. The van der Waals surface area contributed by atoms with E-state index in [4.69, 9.17) is 45.6 Å². The van der Waals surface area contributed by atoms with E-state index >= 15 is 0 Å². The normalized spacial score (nSPS) is 10.7. The van der Waals surface area contributed by atoms with Crippen molar-refractivity contribution >= 4 is 124 Å². The van der Waals surface area contributed by atoms with E-state index in [-0.39, 0.29) is 31.0 Å². The van der Waals surface area contributed by atoms with E-state index in [1.165, 1.54) is 0 Å². The number of aromatic amines is 1. The molecule has 0 fully saturated rings. The van der Waals surface area contributed by atoms with Crippen LogP contribution in [0, 0.1) is 7.40 Å². The molecule has 1 N–H and O–H groups in total. The van der Waals surface area contributed by atoms with Gasteiger partial charge in [-0.05, 0) is 92.7 Å². The van der Waals surface area contributed by atoms with Gasteiger partial charge in [-0.2, -0.15) is 10.2 Å². The number of hydrogen-bond donors (Lipinski definition) is 1. The van der Waals surface area contributed by atoms with Gasteiger partial charge < -0.3 is 10.9 Å². The van der Waals surface area contributed by atoms with Crippen LogP contribution in [0.4, 0.5) is 0 Å². The molecule has 8 rings (SSSR count). The van der Waals surface area contributed by atoms with Crippen LogP contribution in [0.2, 0.25) is 10.0 Å². The van der Waals surface area contributed by atoms with Gasteiger partial charge >= 0.3 is 29.6 Å². The molecule has 0 aliphatic rings. The summed E-state index contributed by atoms with van der Waals surface area (Å²) in [5.74, 6) is 1.72. The first-order valence-corrected chi connectivity index (χ1v) is 18.6. The molecule has 0 aliphatic carbocycles. The molecular weight excluding hydrogens is 960 g/mol. The van der Waals surface area contributed by atoms with E-state index in [9.17, 15) is 0 Å². The molecule has 6 heterocycles. The topological polar surface area (TPSA) is 117 Å². The maximum absolute atomic E-state index is 6.21. The van der Waals surface area contributed by atoms with E-state index in [0.717, 1.165) is 62.1 Å². The average molecular weight is 993 g/mol. The molecular formula is C36H32Cl3I2N8NaO2. The minimum absolute atomic E-state index is 0. The smallest absolute Gasteiger partial charge is 1.00 e. The predicted molar refractivity (Wildman–Crippen MR) is 225 cm³/mol. The fourth-order valence-corrected chi connectivity index (χ4v) is 6.63. The summed E-state index contributed by atoms with van der Waals surface area (Å²) in [6, 6.07) is 19.6. The number of nitrogens with zero attached hydrogens (tertiary/aromatic N) is 7. The van der Waals surface area contributed by atoms with Crippen LogP contribution in [0.1, 0.15) is 27.7 Å². The van der Waals surface area contributed by atoms with Crippen LogP contribution in [0.5, 0.6) is 11.8 Å². The second-order valence-electron chi connectivity index (χ2n) is 10.5. The minimum atomic E-state index is 0. The fraction of sp³-hybridized carbons (Fsp3) is 0.167. The molecule has 10 nitrogen and oxygen atoms in total. The molecule has 0 radical (unpaired) electrons. The fourth-order valence-electron chi connectivity index (χ4n) is 4.88. The van der Waals surface area contributed by atoms with Crippen molar-refractivity contribution in [1.82, 2.24) is 39.9 Å². The van der Waals surface area contributed by atoms with Gasteiger partial charge in [0.2, 0.25) is 11.8 Å². The maximum Gasteiger partial charge on any atom is 1.00 e. The Balaban J connectivity index is 0.000000223. The summed E-state index contributed by atoms with van der Waals surface area (Å²) in [7, 11) is 3.21. The molecule has 264 valence electrons. The Morgan fingerprint density at radius 1 is 0.769 bits per heavy atom. The van der Waals surface area contributed by atoms with Gasteiger partial charge in [0.15, 0.2) is 0 Å². The van der Waals surface area contributed by atoms with Gasteiger partial charge in [0, 0.05) is 53.3 Å². The van der Waals surface area contributed by atoms with Crippen molar-refractivity contribution < 1.29 is 41.8 Å². The molecule has 0 saturated carbocycles. The summed E-state index contributed by atoms with van der Waals surface area (Å²) in [6.45, 7) is 2.94. The molecule has 6 aromatic heterocycles. The van der Waals surface area contributed by atoms with Crippen molar-refractivity contribution in [2.45, 2.75) is 26.2 Å². The molecule has 0 amide bonds. The molecule has 0 bridgehead atoms. The predicted octanol–water partition coefficient (Wildman–Crippen LogP) is 7.64. The Labute approximate surface area is 367 Å². The number of H-pyrrole nitrogens is 1. The molecule has 52 heavy (non-hydrogen) atoms. The van der Waals surface area contributed by atoms with Crippen molar-refractivity contribution in [2.75, 3.05) is 14.2 Å². The third-order valence-corrected chi connectivity index (χ3v) is 9.61. The quantitative estimate of drug-likeness (QED) is 0.106. The van der Waals surface area contributed by atoms with Crippen LogP contribution in [-0.4, -0.2) is 54.1 Å². The first-order valence-electron chi connectivity index (χ1n) is 15.9. The van der Waals surface area contributed by atoms with Gasteiger partial charge in [-0.15, -0.1) is 11.6 Å². The largest absolute Gasteiger partial charge is 1.00 e. The number of nitrogens with one attached hydrogen (secondary N) is 1. The second-order valence-corrected chi connectivity index (χ2v) is 13.7. The number of halogens is 5.